The molecule has 0 aliphatic rings. The summed E-state index contributed by atoms with van der Waals surface area (Å²) in [6.45, 7) is 0. The minimum absolute atomic E-state index is 0.0487. The number of carbonyl (C=O) groups excluding carboxylic acids is 1. The van der Waals surface area contributed by atoms with Crippen LogP contribution < -0.4 is 11.5 Å². The number of ketones is 1. The maximum Gasteiger partial charge on any atom is 0.193 e. The van der Waals surface area contributed by atoms with E-state index < -0.39 is 0 Å². The Labute approximate surface area is 137 Å². The van der Waals surface area contributed by atoms with Gasteiger partial charge in [0.1, 0.15) is 11.6 Å². The molecule has 0 atom stereocenters. The van der Waals surface area contributed by atoms with Crippen LogP contribution in [-0.2, 0) is 0 Å². The van der Waals surface area contributed by atoms with E-state index in [0.29, 0.717) is 22.8 Å². The largest absolute Gasteiger partial charge is 0.384 e. The lowest BCUT2D eigenvalue weighted by molar-refractivity contribution is 0.103. The maximum absolute atomic E-state index is 12.8. The zero-order chi connectivity index (χ0) is 16.7. The van der Waals surface area contributed by atoms with Crippen LogP contribution in [0.25, 0.3) is 21.8 Å². The molecule has 0 saturated heterocycles. The normalized spacial score (nSPS) is 11.0. The monoisotopic (exact) mass is 314 g/mol. The molecule has 0 amide bonds. The van der Waals surface area contributed by atoms with Gasteiger partial charge in [-0.3, -0.25) is 4.79 Å². The van der Waals surface area contributed by atoms with Crippen LogP contribution in [0.1, 0.15) is 15.9 Å². The van der Waals surface area contributed by atoms with Crippen molar-refractivity contribution in [3.8, 4) is 0 Å². The number of rotatable bonds is 2. The third-order valence-corrected chi connectivity index (χ3v) is 3.95. The molecule has 0 aliphatic heterocycles. The summed E-state index contributed by atoms with van der Waals surface area (Å²) < 4.78 is 0. The summed E-state index contributed by atoms with van der Waals surface area (Å²) in [5, 5.41) is 1.76. The Kier molecular flexibility index (Phi) is 3.13. The molecule has 2 aromatic carbocycles. The van der Waals surface area contributed by atoms with Crippen molar-refractivity contribution < 1.29 is 4.79 Å². The third kappa shape index (κ3) is 2.42. The molecular formula is C19H14N4O. The molecule has 2 heterocycles. The van der Waals surface area contributed by atoms with Gasteiger partial charge in [-0.1, -0.05) is 0 Å². The van der Waals surface area contributed by atoms with Gasteiger partial charge in [0.05, 0.1) is 11.0 Å². The molecule has 5 heteroatoms. The number of hydrogen-bond acceptors (Lipinski definition) is 5. The number of aromatic nitrogens is 2. The van der Waals surface area contributed by atoms with Crippen LogP contribution in [0, 0.1) is 0 Å². The lowest BCUT2D eigenvalue weighted by atomic mass is 10.00. The highest BCUT2D eigenvalue weighted by atomic mass is 16.1. The van der Waals surface area contributed by atoms with Crippen LogP contribution in [0.5, 0.6) is 0 Å². The van der Waals surface area contributed by atoms with E-state index in [9.17, 15) is 4.79 Å². The zero-order valence-corrected chi connectivity index (χ0v) is 12.7. The van der Waals surface area contributed by atoms with Crippen molar-refractivity contribution in [3.63, 3.8) is 0 Å². The molecule has 2 aromatic heterocycles. The molecular weight excluding hydrogens is 300 g/mol. The van der Waals surface area contributed by atoms with Crippen molar-refractivity contribution in [3.05, 3.63) is 71.8 Å². The Morgan fingerprint density at radius 3 is 1.58 bits per heavy atom. The van der Waals surface area contributed by atoms with Crippen LogP contribution in [0.4, 0.5) is 11.6 Å². The summed E-state index contributed by atoms with van der Waals surface area (Å²) in [6.07, 6.45) is 0. The van der Waals surface area contributed by atoms with Gasteiger partial charge in [0, 0.05) is 21.9 Å². The Bertz CT molecular complexity index is 1020. The van der Waals surface area contributed by atoms with Gasteiger partial charge >= 0.3 is 0 Å². The van der Waals surface area contributed by atoms with Gasteiger partial charge in [0.25, 0.3) is 0 Å². The first-order chi connectivity index (χ1) is 11.6. The third-order valence-electron chi connectivity index (χ3n) is 3.95. The fourth-order valence-corrected chi connectivity index (χ4v) is 2.73. The molecule has 0 bridgehead atoms. The molecule has 5 nitrogen and oxygen atoms in total. The molecule has 0 saturated carbocycles. The number of hydrogen-bond donors (Lipinski definition) is 2. The number of fused-ring (bicyclic) bond motifs is 2. The van der Waals surface area contributed by atoms with Crippen LogP contribution >= 0.6 is 0 Å². The van der Waals surface area contributed by atoms with Crippen molar-refractivity contribution in [2.75, 3.05) is 11.5 Å². The number of nitrogen functional groups attached to an aromatic ring is 2. The van der Waals surface area contributed by atoms with E-state index in [0.717, 1.165) is 21.8 Å². The molecule has 4 N–H and O–H groups in total. The standard InChI is InChI=1S/C19H14N4O/c20-17-7-3-11-9-13(1-5-15(11)22-17)19(24)14-2-6-16-12(10-14)4-8-18(21)23-16/h1-10H,(H2,20,22)(H2,21,23). The molecule has 0 aliphatic carbocycles. The Hall–Kier alpha value is -3.47. The summed E-state index contributed by atoms with van der Waals surface area (Å²) in [4.78, 5) is 21.3. The molecule has 4 aromatic rings. The van der Waals surface area contributed by atoms with Gasteiger partial charge in [-0.25, -0.2) is 9.97 Å². The predicted octanol–water partition coefficient (Wildman–Crippen LogP) is 3.18. The minimum atomic E-state index is -0.0487. The molecule has 0 spiro atoms. The summed E-state index contributed by atoms with van der Waals surface area (Å²) in [5.74, 6) is 0.873. The van der Waals surface area contributed by atoms with Gasteiger partial charge in [0.2, 0.25) is 0 Å². The van der Waals surface area contributed by atoms with Crippen molar-refractivity contribution in [1.82, 2.24) is 9.97 Å². The number of carbonyl (C=O) groups is 1. The highest BCUT2D eigenvalue weighted by molar-refractivity contribution is 6.11. The van der Waals surface area contributed by atoms with Gasteiger partial charge in [-0.15, -0.1) is 0 Å². The fourth-order valence-electron chi connectivity index (χ4n) is 2.73. The molecule has 116 valence electrons. The van der Waals surface area contributed by atoms with Crippen molar-refractivity contribution in [2.45, 2.75) is 0 Å². The fraction of sp³-hybridized carbons (Fsp3) is 0. The smallest absolute Gasteiger partial charge is 0.193 e. The van der Waals surface area contributed by atoms with Crippen LogP contribution in [-0.4, -0.2) is 15.8 Å². The first-order valence-corrected chi connectivity index (χ1v) is 7.47. The number of benzene rings is 2. The van der Waals surface area contributed by atoms with Crippen LogP contribution in [0.2, 0.25) is 0 Å². The average molecular weight is 314 g/mol. The molecule has 4 rings (SSSR count). The quantitative estimate of drug-likeness (QED) is 0.554. The SMILES string of the molecule is Nc1ccc2cc(C(=O)c3ccc4nc(N)ccc4c3)ccc2n1. The highest BCUT2D eigenvalue weighted by Gasteiger charge is 2.11. The van der Waals surface area contributed by atoms with Crippen molar-refractivity contribution in [1.29, 1.82) is 0 Å². The first-order valence-electron chi connectivity index (χ1n) is 7.47. The number of nitrogens with zero attached hydrogens (tertiary/aromatic N) is 2. The van der Waals surface area contributed by atoms with Gasteiger partial charge in [-0.2, -0.15) is 0 Å². The second-order valence-electron chi connectivity index (χ2n) is 5.62. The van der Waals surface area contributed by atoms with E-state index in [4.69, 9.17) is 11.5 Å². The van der Waals surface area contributed by atoms with Gasteiger partial charge in [0.15, 0.2) is 5.78 Å². The Balaban J connectivity index is 1.77. The summed E-state index contributed by atoms with van der Waals surface area (Å²) in [7, 11) is 0. The molecule has 0 radical (unpaired) electrons. The predicted molar refractivity (Wildman–Crippen MR) is 95.7 cm³/mol. The van der Waals surface area contributed by atoms with E-state index in [-0.39, 0.29) is 5.78 Å². The van der Waals surface area contributed by atoms with Gasteiger partial charge in [-0.05, 0) is 60.7 Å². The summed E-state index contributed by atoms with van der Waals surface area (Å²) >= 11 is 0. The average Bonchev–Trinajstić information content (AvgIpc) is 2.60. The highest BCUT2D eigenvalue weighted by Crippen LogP contribution is 2.21. The second kappa shape index (κ2) is 5.31. The van der Waals surface area contributed by atoms with E-state index >= 15 is 0 Å². The maximum atomic E-state index is 12.8. The first kappa shape index (κ1) is 14.1. The van der Waals surface area contributed by atoms with E-state index in [1.807, 2.05) is 36.4 Å². The molecule has 0 fully saturated rings. The Morgan fingerprint density at radius 1 is 0.667 bits per heavy atom. The van der Waals surface area contributed by atoms with Crippen LogP contribution in [0.3, 0.4) is 0 Å². The molecule has 0 unspecified atom stereocenters. The number of nitrogens with two attached hydrogens (primary N) is 2. The van der Waals surface area contributed by atoms with E-state index in [1.54, 1.807) is 24.3 Å². The summed E-state index contributed by atoms with van der Waals surface area (Å²) in [5.41, 5.74) is 14.1. The zero-order valence-electron chi connectivity index (χ0n) is 12.7. The van der Waals surface area contributed by atoms with Crippen molar-refractivity contribution >= 4 is 39.2 Å². The lowest BCUT2D eigenvalue weighted by Crippen LogP contribution is -2.02. The topological polar surface area (TPSA) is 94.9 Å². The van der Waals surface area contributed by atoms with E-state index in [1.165, 1.54) is 0 Å². The van der Waals surface area contributed by atoms with Crippen LogP contribution in [0.15, 0.2) is 60.7 Å². The number of anilines is 2. The second-order valence-corrected chi connectivity index (χ2v) is 5.62. The summed E-state index contributed by atoms with van der Waals surface area (Å²) in [6, 6.07) is 18.0. The Morgan fingerprint density at radius 2 is 1.12 bits per heavy atom. The minimum Gasteiger partial charge on any atom is -0.384 e. The van der Waals surface area contributed by atoms with E-state index in [2.05, 4.69) is 9.97 Å². The van der Waals surface area contributed by atoms with Gasteiger partial charge < -0.3 is 11.5 Å². The van der Waals surface area contributed by atoms with Crippen molar-refractivity contribution in [2.24, 2.45) is 0 Å². The number of pyridine rings is 2. The lowest BCUT2D eigenvalue weighted by Gasteiger charge is -2.05. The molecule has 24 heavy (non-hydrogen) atoms.